The number of para-hydroxylation sites is 2. The molecule has 1 amide bonds. The molecule has 8 heteroatoms. The average Bonchev–Trinajstić information content (AvgIpc) is 2.76. The van der Waals surface area contributed by atoms with Crippen LogP contribution in [0, 0.1) is 6.92 Å². The van der Waals surface area contributed by atoms with E-state index < -0.39 is 16.1 Å². The molecule has 2 aromatic rings. The third kappa shape index (κ3) is 4.87. The van der Waals surface area contributed by atoms with Crippen LogP contribution in [0.5, 0.6) is 5.75 Å². The van der Waals surface area contributed by atoms with E-state index in [1.54, 1.807) is 31.2 Å². The minimum absolute atomic E-state index is 0.0333. The van der Waals surface area contributed by atoms with Gasteiger partial charge in [0.25, 0.3) is 5.91 Å². The fraction of sp³-hybridized carbons (Fsp3) is 0.409. The van der Waals surface area contributed by atoms with Crippen molar-refractivity contribution in [3.8, 4) is 5.75 Å². The number of nitrogens with zero attached hydrogens (tertiary/aromatic N) is 2. The van der Waals surface area contributed by atoms with E-state index in [9.17, 15) is 13.2 Å². The molecule has 1 aliphatic rings. The largest absolute Gasteiger partial charge is 0.476 e. The molecule has 1 atom stereocenters. The summed E-state index contributed by atoms with van der Waals surface area (Å²) in [7, 11) is -3.51. The van der Waals surface area contributed by atoms with E-state index in [2.05, 4.69) is 41.4 Å². The van der Waals surface area contributed by atoms with Crippen molar-refractivity contribution in [2.75, 3.05) is 41.1 Å². The standard InChI is InChI=1S/C22H29N3O4S/c1-4-24(18-12-10-17(3)11-13-18)15-14-23-22(26)21-16-25(30(27,28)5-2)19-8-6-7-9-20(19)29-21/h6-13,21H,4-5,14-16H2,1-3H3,(H,23,26). The number of amides is 1. The number of anilines is 2. The van der Waals surface area contributed by atoms with Gasteiger partial charge < -0.3 is 15.0 Å². The quantitative estimate of drug-likeness (QED) is 0.695. The van der Waals surface area contributed by atoms with Gasteiger partial charge in [-0.3, -0.25) is 9.10 Å². The Kier molecular flexibility index (Phi) is 6.87. The van der Waals surface area contributed by atoms with Crippen molar-refractivity contribution in [2.45, 2.75) is 26.9 Å². The maximum absolute atomic E-state index is 12.7. The molecule has 2 aromatic carbocycles. The molecule has 1 heterocycles. The smallest absolute Gasteiger partial charge is 0.263 e. The number of nitrogens with one attached hydrogen (secondary N) is 1. The van der Waals surface area contributed by atoms with E-state index in [1.807, 2.05) is 6.92 Å². The fourth-order valence-corrected chi connectivity index (χ4v) is 4.54. The van der Waals surface area contributed by atoms with Crippen molar-refractivity contribution < 1.29 is 17.9 Å². The topological polar surface area (TPSA) is 79.0 Å². The van der Waals surface area contributed by atoms with Crippen molar-refractivity contribution in [1.82, 2.24) is 5.32 Å². The normalized spacial score (nSPS) is 15.8. The Morgan fingerprint density at radius 3 is 2.53 bits per heavy atom. The van der Waals surface area contributed by atoms with Gasteiger partial charge in [0.05, 0.1) is 18.0 Å². The Morgan fingerprint density at radius 1 is 1.17 bits per heavy atom. The van der Waals surface area contributed by atoms with Crippen LogP contribution in [-0.4, -0.2) is 52.4 Å². The number of hydrogen-bond acceptors (Lipinski definition) is 5. The fourth-order valence-electron chi connectivity index (χ4n) is 3.41. The van der Waals surface area contributed by atoms with E-state index in [4.69, 9.17) is 4.74 Å². The zero-order valence-electron chi connectivity index (χ0n) is 17.7. The van der Waals surface area contributed by atoms with E-state index in [1.165, 1.54) is 9.87 Å². The summed E-state index contributed by atoms with van der Waals surface area (Å²) in [6, 6.07) is 15.1. The van der Waals surface area contributed by atoms with Crippen LogP contribution in [0.2, 0.25) is 0 Å². The molecule has 1 unspecified atom stereocenters. The summed E-state index contributed by atoms with van der Waals surface area (Å²) in [4.78, 5) is 14.9. The van der Waals surface area contributed by atoms with Gasteiger partial charge in [-0.1, -0.05) is 29.8 Å². The van der Waals surface area contributed by atoms with Crippen LogP contribution in [-0.2, 0) is 14.8 Å². The molecule has 30 heavy (non-hydrogen) atoms. The van der Waals surface area contributed by atoms with Crippen LogP contribution in [0.1, 0.15) is 19.4 Å². The minimum Gasteiger partial charge on any atom is -0.476 e. The average molecular weight is 432 g/mol. The second-order valence-electron chi connectivity index (χ2n) is 7.21. The predicted molar refractivity (Wildman–Crippen MR) is 120 cm³/mol. The third-order valence-corrected chi connectivity index (χ3v) is 6.94. The number of sulfonamides is 1. The van der Waals surface area contributed by atoms with Gasteiger partial charge in [0, 0.05) is 25.3 Å². The Balaban J connectivity index is 1.65. The summed E-state index contributed by atoms with van der Waals surface area (Å²) in [5, 5.41) is 2.89. The molecule has 0 aromatic heterocycles. The number of benzene rings is 2. The van der Waals surface area contributed by atoms with Crippen molar-refractivity contribution >= 4 is 27.3 Å². The Bertz CT molecular complexity index is 976. The van der Waals surface area contributed by atoms with Gasteiger partial charge >= 0.3 is 0 Å². The second kappa shape index (κ2) is 9.38. The summed E-state index contributed by atoms with van der Waals surface area (Å²) in [6.45, 7) is 7.56. The maximum atomic E-state index is 12.7. The first-order valence-electron chi connectivity index (χ1n) is 10.2. The molecule has 162 valence electrons. The van der Waals surface area contributed by atoms with Gasteiger partial charge in [-0.05, 0) is 45.0 Å². The molecule has 0 fully saturated rings. The van der Waals surface area contributed by atoms with Crippen molar-refractivity contribution in [1.29, 1.82) is 0 Å². The highest BCUT2D eigenvalue weighted by Gasteiger charge is 2.35. The molecule has 1 N–H and O–H groups in total. The highest BCUT2D eigenvalue weighted by molar-refractivity contribution is 7.92. The molecule has 0 saturated carbocycles. The van der Waals surface area contributed by atoms with E-state index in [0.29, 0.717) is 24.5 Å². The lowest BCUT2D eigenvalue weighted by Gasteiger charge is -2.34. The molecular formula is C22H29N3O4S. The number of carbonyl (C=O) groups excluding carboxylic acids is 1. The van der Waals surface area contributed by atoms with E-state index >= 15 is 0 Å². The van der Waals surface area contributed by atoms with Crippen LogP contribution in [0.4, 0.5) is 11.4 Å². The van der Waals surface area contributed by atoms with Gasteiger partial charge in [-0.2, -0.15) is 0 Å². The monoisotopic (exact) mass is 431 g/mol. The highest BCUT2D eigenvalue weighted by Crippen LogP contribution is 2.35. The van der Waals surface area contributed by atoms with Crippen molar-refractivity contribution in [2.24, 2.45) is 0 Å². The number of hydrogen-bond donors (Lipinski definition) is 1. The Morgan fingerprint density at radius 2 is 1.87 bits per heavy atom. The molecule has 3 rings (SSSR count). The zero-order chi connectivity index (χ0) is 21.7. The summed E-state index contributed by atoms with van der Waals surface area (Å²) >= 11 is 0. The van der Waals surface area contributed by atoms with Gasteiger partial charge in [-0.25, -0.2) is 8.42 Å². The highest BCUT2D eigenvalue weighted by atomic mass is 32.2. The molecule has 0 radical (unpaired) electrons. The van der Waals surface area contributed by atoms with Crippen molar-refractivity contribution in [3.05, 3.63) is 54.1 Å². The predicted octanol–water partition coefficient (Wildman–Crippen LogP) is 2.55. The van der Waals surface area contributed by atoms with Gasteiger partial charge in [0.1, 0.15) is 5.75 Å². The third-order valence-electron chi connectivity index (χ3n) is 5.19. The van der Waals surface area contributed by atoms with Crippen LogP contribution in [0.3, 0.4) is 0 Å². The minimum atomic E-state index is -3.51. The number of likely N-dealkylation sites (N-methyl/N-ethyl adjacent to an activating group) is 1. The molecular weight excluding hydrogens is 402 g/mol. The number of fused-ring (bicyclic) bond motifs is 1. The summed E-state index contributed by atoms with van der Waals surface area (Å²) in [5.41, 5.74) is 2.77. The summed E-state index contributed by atoms with van der Waals surface area (Å²) < 4.78 is 32.2. The first kappa shape index (κ1) is 22.0. The maximum Gasteiger partial charge on any atom is 0.263 e. The van der Waals surface area contributed by atoms with Crippen LogP contribution in [0.15, 0.2) is 48.5 Å². The van der Waals surface area contributed by atoms with Crippen LogP contribution >= 0.6 is 0 Å². The number of carbonyl (C=O) groups is 1. The molecule has 0 aliphatic carbocycles. The lowest BCUT2D eigenvalue weighted by atomic mass is 10.2. The lowest BCUT2D eigenvalue weighted by molar-refractivity contribution is -0.127. The Hall–Kier alpha value is -2.74. The molecule has 0 bridgehead atoms. The van der Waals surface area contributed by atoms with Crippen LogP contribution < -0.4 is 19.3 Å². The number of rotatable bonds is 8. The summed E-state index contributed by atoms with van der Waals surface area (Å²) in [6.07, 6.45) is -0.893. The lowest BCUT2D eigenvalue weighted by Crippen LogP contribution is -2.51. The first-order chi connectivity index (χ1) is 14.4. The molecule has 7 nitrogen and oxygen atoms in total. The van der Waals surface area contributed by atoms with Gasteiger partial charge in [0.2, 0.25) is 10.0 Å². The SMILES string of the molecule is CCN(CCNC(=O)C1CN(S(=O)(=O)CC)c2ccccc2O1)c1ccc(C)cc1. The second-order valence-corrected chi connectivity index (χ2v) is 9.39. The van der Waals surface area contributed by atoms with Gasteiger partial charge in [-0.15, -0.1) is 0 Å². The summed E-state index contributed by atoms with van der Waals surface area (Å²) in [5.74, 6) is 0.0362. The van der Waals surface area contributed by atoms with E-state index in [0.717, 1.165) is 12.2 Å². The number of aryl methyl sites for hydroxylation is 1. The first-order valence-corrected chi connectivity index (χ1v) is 11.8. The van der Waals surface area contributed by atoms with Gasteiger partial charge in [0.15, 0.2) is 6.10 Å². The molecule has 0 spiro atoms. The zero-order valence-corrected chi connectivity index (χ0v) is 18.5. The molecule has 1 aliphatic heterocycles. The number of ether oxygens (including phenoxy) is 1. The molecule has 0 saturated heterocycles. The Labute approximate surface area is 178 Å². The van der Waals surface area contributed by atoms with E-state index in [-0.39, 0.29) is 18.2 Å². The van der Waals surface area contributed by atoms with Crippen molar-refractivity contribution in [3.63, 3.8) is 0 Å². The van der Waals surface area contributed by atoms with Crippen LogP contribution in [0.25, 0.3) is 0 Å².